The number of hydrogen-bond acceptors (Lipinski definition) is 6. The molecule has 0 saturated heterocycles. The fraction of sp³-hybridized carbons (Fsp3) is 0.559. The van der Waals surface area contributed by atoms with Gasteiger partial charge in [0.15, 0.2) is 0 Å². The van der Waals surface area contributed by atoms with Gasteiger partial charge in [0, 0.05) is 29.1 Å². The highest BCUT2D eigenvalue weighted by molar-refractivity contribution is 7.90. The molecule has 2 N–H and O–H groups in total. The van der Waals surface area contributed by atoms with Gasteiger partial charge in [0.2, 0.25) is 10.0 Å². The molecule has 6 rings (SSSR count). The monoisotopic (exact) mass is 626 g/mol. The van der Waals surface area contributed by atoms with Crippen LogP contribution < -0.4 is 14.4 Å². The van der Waals surface area contributed by atoms with Crippen LogP contribution in [0.3, 0.4) is 0 Å². The number of allylic oxidation sites excluding steroid dienone is 1. The number of halogens is 1. The van der Waals surface area contributed by atoms with Gasteiger partial charge in [-0.05, 0) is 104 Å². The second kappa shape index (κ2) is 11.8. The van der Waals surface area contributed by atoms with Crippen LogP contribution in [0.25, 0.3) is 0 Å². The standard InChI is InChI=1S/C34H43ClN2O5S/c1-4-32-22(3)21(2)7-13-30(38)27-11-8-25(27)18-37-19-34(15-5-6-23-16-26(35)10-12-28(23)34)20-42-31-14-9-24(17-29(31)37)33(39)36-43(32,40)41/h7,9-10,12-14,16-17,21-22,25,27,30,32,38H,4-6,8,11,15,18-20H2,1-3H3,(H,36,39)/b13-7+/t21-,22-,25-,27+,30-,32?,34-/m0/s1. The summed E-state index contributed by atoms with van der Waals surface area (Å²) in [5.41, 5.74) is 3.33. The van der Waals surface area contributed by atoms with Crippen LogP contribution in [0.4, 0.5) is 5.69 Å². The van der Waals surface area contributed by atoms with Gasteiger partial charge in [-0.15, -0.1) is 0 Å². The molecule has 1 unspecified atom stereocenters. The Balaban J connectivity index is 1.43. The highest BCUT2D eigenvalue weighted by atomic mass is 35.5. The molecule has 1 spiro atoms. The number of nitrogens with one attached hydrogen (secondary N) is 1. The number of sulfonamides is 1. The van der Waals surface area contributed by atoms with Crippen molar-refractivity contribution >= 4 is 33.2 Å². The van der Waals surface area contributed by atoms with E-state index in [-0.39, 0.29) is 34.7 Å². The molecule has 2 heterocycles. The summed E-state index contributed by atoms with van der Waals surface area (Å²) < 4.78 is 35.9. The lowest BCUT2D eigenvalue weighted by Crippen LogP contribution is -2.49. The maximum Gasteiger partial charge on any atom is 0.264 e. The van der Waals surface area contributed by atoms with Gasteiger partial charge in [-0.3, -0.25) is 4.79 Å². The van der Waals surface area contributed by atoms with E-state index in [4.69, 9.17) is 16.3 Å². The number of hydrogen-bond donors (Lipinski definition) is 2. The van der Waals surface area contributed by atoms with Crippen LogP contribution in [0, 0.1) is 23.7 Å². The van der Waals surface area contributed by atoms with Gasteiger partial charge < -0.3 is 14.7 Å². The fourth-order valence-electron chi connectivity index (χ4n) is 7.89. The van der Waals surface area contributed by atoms with Crippen molar-refractivity contribution in [1.82, 2.24) is 4.72 Å². The molecule has 1 saturated carbocycles. The zero-order valence-corrected chi connectivity index (χ0v) is 26.8. The maximum atomic E-state index is 13.5. The minimum absolute atomic E-state index is 0.0916. The van der Waals surface area contributed by atoms with E-state index in [0.29, 0.717) is 31.9 Å². The summed E-state index contributed by atoms with van der Waals surface area (Å²) in [6, 6.07) is 11.4. The van der Waals surface area contributed by atoms with Crippen LogP contribution in [0.5, 0.6) is 5.75 Å². The van der Waals surface area contributed by atoms with Crippen molar-refractivity contribution in [3.05, 3.63) is 70.3 Å². The summed E-state index contributed by atoms with van der Waals surface area (Å²) in [4.78, 5) is 15.8. The van der Waals surface area contributed by atoms with Crippen LogP contribution in [-0.4, -0.2) is 50.5 Å². The smallest absolute Gasteiger partial charge is 0.264 e. The normalized spacial score (nSPS) is 34.5. The quantitative estimate of drug-likeness (QED) is 0.384. The van der Waals surface area contributed by atoms with Crippen LogP contribution in [0.2, 0.25) is 5.02 Å². The van der Waals surface area contributed by atoms with E-state index < -0.39 is 27.3 Å². The van der Waals surface area contributed by atoms with Gasteiger partial charge in [-0.1, -0.05) is 50.6 Å². The summed E-state index contributed by atoms with van der Waals surface area (Å²) in [5.74, 6) is 0.110. The highest BCUT2D eigenvalue weighted by Crippen LogP contribution is 2.47. The van der Waals surface area contributed by atoms with Crippen LogP contribution in [0.15, 0.2) is 48.6 Å². The lowest BCUT2D eigenvalue weighted by atomic mass is 9.68. The molecular weight excluding hydrogens is 584 g/mol. The zero-order valence-electron chi connectivity index (χ0n) is 25.3. The number of aryl methyl sites for hydroxylation is 1. The second-order valence-electron chi connectivity index (χ2n) is 13.3. The van der Waals surface area contributed by atoms with E-state index in [1.165, 1.54) is 11.1 Å². The minimum Gasteiger partial charge on any atom is -0.490 e. The number of aliphatic hydroxyl groups excluding tert-OH is 1. The Morgan fingerprint density at radius 3 is 2.70 bits per heavy atom. The van der Waals surface area contributed by atoms with Crippen molar-refractivity contribution in [2.24, 2.45) is 23.7 Å². The first kappa shape index (κ1) is 30.5. The van der Waals surface area contributed by atoms with Gasteiger partial charge >= 0.3 is 0 Å². The Morgan fingerprint density at radius 2 is 1.95 bits per heavy atom. The minimum atomic E-state index is -3.96. The topological polar surface area (TPSA) is 95.9 Å². The Labute approximate surface area is 260 Å². The Kier molecular flexibility index (Phi) is 8.33. The molecule has 2 aliphatic carbocycles. The maximum absolute atomic E-state index is 13.5. The van der Waals surface area contributed by atoms with E-state index in [2.05, 4.69) is 21.8 Å². The molecular formula is C34H43ClN2O5S. The molecule has 4 aliphatic rings. The van der Waals surface area contributed by atoms with Crippen molar-refractivity contribution in [2.75, 3.05) is 24.6 Å². The molecule has 7 atom stereocenters. The van der Waals surface area contributed by atoms with E-state index in [0.717, 1.165) is 42.8 Å². The summed E-state index contributed by atoms with van der Waals surface area (Å²) in [5, 5.41) is 11.3. The molecule has 2 aromatic carbocycles. The molecule has 0 radical (unpaired) electrons. The molecule has 0 aromatic heterocycles. The third-order valence-electron chi connectivity index (χ3n) is 10.7. The lowest BCUT2D eigenvalue weighted by Gasteiger charge is -2.45. The Morgan fingerprint density at radius 1 is 1.14 bits per heavy atom. The summed E-state index contributed by atoms with van der Waals surface area (Å²) in [6.45, 7) is 7.62. The van der Waals surface area contributed by atoms with E-state index in [1.54, 1.807) is 18.2 Å². The molecule has 232 valence electrons. The molecule has 2 aromatic rings. The second-order valence-corrected chi connectivity index (χ2v) is 15.6. The number of rotatable bonds is 1. The van der Waals surface area contributed by atoms with Gasteiger partial charge in [0.25, 0.3) is 5.91 Å². The van der Waals surface area contributed by atoms with Gasteiger partial charge in [0.05, 0.1) is 23.6 Å². The number of anilines is 1. The third-order valence-corrected chi connectivity index (χ3v) is 13.0. The number of ether oxygens (including phenoxy) is 1. The van der Waals surface area contributed by atoms with Gasteiger partial charge in [0.1, 0.15) is 5.75 Å². The first-order valence-corrected chi connectivity index (χ1v) is 17.7. The van der Waals surface area contributed by atoms with Gasteiger partial charge in [-0.25, -0.2) is 13.1 Å². The van der Waals surface area contributed by atoms with Gasteiger partial charge in [-0.2, -0.15) is 0 Å². The van der Waals surface area contributed by atoms with E-state index in [9.17, 15) is 18.3 Å². The summed E-state index contributed by atoms with van der Waals surface area (Å²) in [6.07, 6.45) is 8.51. The first-order valence-electron chi connectivity index (χ1n) is 15.7. The average Bonchev–Trinajstić information content (AvgIpc) is 3.10. The number of fused-ring (bicyclic) bond motifs is 4. The average molecular weight is 627 g/mol. The molecule has 2 bridgehead atoms. The van der Waals surface area contributed by atoms with Crippen molar-refractivity contribution in [3.63, 3.8) is 0 Å². The van der Waals surface area contributed by atoms with E-state index in [1.807, 2.05) is 39.0 Å². The number of nitrogens with zero attached hydrogens (tertiary/aromatic N) is 1. The van der Waals surface area contributed by atoms with Crippen molar-refractivity contribution in [3.8, 4) is 5.75 Å². The predicted molar refractivity (Wildman–Crippen MR) is 170 cm³/mol. The predicted octanol–water partition coefficient (Wildman–Crippen LogP) is 5.88. The number of carbonyl (C=O) groups excluding carboxylic acids is 1. The molecule has 1 fully saturated rings. The molecule has 1 amide bonds. The molecule has 9 heteroatoms. The summed E-state index contributed by atoms with van der Waals surface area (Å²) in [7, 11) is -3.96. The van der Waals surface area contributed by atoms with Crippen LogP contribution in [0.1, 0.15) is 74.4 Å². The summed E-state index contributed by atoms with van der Waals surface area (Å²) >= 11 is 6.40. The van der Waals surface area contributed by atoms with Crippen LogP contribution in [-0.2, 0) is 21.9 Å². The number of carbonyl (C=O) groups is 1. The lowest BCUT2D eigenvalue weighted by molar-refractivity contribution is 0.0453. The number of amides is 1. The SMILES string of the molecule is CCC1[C@@H](C)[C@@H](C)/C=C/[C@H](O)[C@@H]2CC[C@H]2CN2C[C@@]3(CCCc4cc(Cl)ccc43)COc3ccc(cc32)C(=O)NS1(=O)=O. The van der Waals surface area contributed by atoms with E-state index >= 15 is 0 Å². The number of benzene rings is 2. The van der Waals surface area contributed by atoms with Crippen molar-refractivity contribution in [1.29, 1.82) is 0 Å². The van der Waals surface area contributed by atoms with Crippen molar-refractivity contribution in [2.45, 2.75) is 76.1 Å². The number of aliphatic hydroxyl groups is 1. The Bertz CT molecular complexity index is 1530. The molecule has 2 aliphatic heterocycles. The largest absolute Gasteiger partial charge is 0.490 e. The third kappa shape index (κ3) is 5.71. The van der Waals surface area contributed by atoms with Crippen LogP contribution >= 0.6 is 11.6 Å². The van der Waals surface area contributed by atoms with Crippen molar-refractivity contribution < 1.29 is 23.1 Å². The zero-order chi connectivity index (χ0) is 30.5. The first-order chi connectivity index (χ1) is 20.5. The fourth-order valence-corrected chi connectivity index (χ4v) is 9.87. The Hall–Kier alpha value is -2.55. The molecule has 7 nitrogen and oxygen atoms in total. The molecule has 43 heavy (non-hydrogen) atoms. The highest BCUT2D eigenvalue weighted by Gasteiger charge is 2.44.